The summed E-state index contributed by atoms with van der Waals surface area (Å²) in [6.07, 6.45) is 2.40. The van der Waals surface area contributed by atoms with Crippen molar-refractivity contribution in [3.05, 3.63) is 97.1 Å². The normalized spacial score (nSPS) is 13.8. The van der Waals surface area contributed by atoms with Crippen LogP contribution in [0.4, 0.5) is 5.69 Å². The van der Waals surface area contributed by atoms with Crippen molar-refractivity contribution >= 4 is 35.5 Å². The molecule has 0 bridgehead atoms. The first-order chi connectivity index (χ1) is 13.6. The van der Waals surface area contributed by atoms with Crippen LogP contribution >= 0.6 is 7.37 Å². The second-order valence-electron chi connectivity index (χ2n) is 6.13. The molecule has 1 heterocycles. The molecule has 28 heavy (non-hydrogen) atoms. The van der Waals surface area contributed by atoms with Crippen molar-refractivity contribution in [1.82, 2.24) is 0 Å². The Kier molecular flexibility index (Phi) is 4.68. The number of rotatable bonds is 5. The Balaban J connectivity index is 1.83. The van der Waals surface area contributed by atoms with E-state index in [1.165, 1.54) is 12.2 Å². The van der Waals surface area contributed by atoms with Gasteiger partial charge in [0.2, 0.25) is 0 Å². The zero-order valence-electron chi connectivity index (χ0n) is 14.8. The molecule has 0 radical (unpaired) electrons. The van der Waals surface area contributed by atoms with E-state index in [4.69, 9.17) is 4.52 Å². The number of carbonyl (C=O) groups excluding carboxylic acids is 2. The highest BCUT2D eigenvalue weighted by molar-refractivity contribution is 7.74. The van der Waals surface area contributed by atoms with Crippen molar-refractivity contribution in [2.75, 3.05) is 4.90 Å². The van der Waals surface area contributed by atoms with E-state index in [0.29, 0.717) is 10.6 Å². The molecule has 0 saturated carbocycles. The first-order valence-corrected chi connectivity index (χ1v) is 10.3. The summed E-state index contributed by atoms with van der Waals surface area (Å²) in [4.78, 5) is 25.3. The van der Waals surface area contributed by atoms with Crippen molar-refractivity contribution in [1.29, 1.82) is 0 Å². The summed E-state index contributed by atoms with van der Waals surface area (Å²) in [7, 11) is -3.52. The van der Waals surface area contributed by atoms with E-state index in [1.807, 2.05) is 12.1 Å². The van der Waals surface area contributed by atoms with Gasteiger partial charge < -0.3 is 4.52 Å². The van der Waals surface area contributed by atoms with Gasteiger partial charge in [0.05, 0.1) is 16.3 Å². The fraction of sp³-hybridized carbons (Fsp3) is 0. The highest BCUT2D eigenvalue weighted by Crippen LogP contribution is 2.47. The van der Waals surface area contributed by atoms with Crippen molar-refractivity contribution in [3.63, 3.8) is 0 Å². The van der Waals surface area contributed by atoms with Crippen molar-refractivity contribution in [2.24, 2.45) is 0 Å². The van der Waals surface area contributed by atoms with Crippen molar-refractivity contribution in [3.8, 4) is 5.75 Å². The predicted octanol–water partition coefficient (Wildman–Crippen LogP) is 3.42. The van der Waals surface area contributed by atoms with E-state index >= 15 is 0 Å². The average Bonchev–Trinajstić information content (AvgIpc) is 3.08. The lowest BCUT2D eigenvalue weighted by Gasteiger charge is -2.24. The Labute approximate surface area is 162 Å². The molecule has 0 atom stereocenters. The molecule has 6 heteroatoms. The molecule has 1 aliphatic heterocycles. The van der Waals surface area contributed by atoms with Crippen LogP contribution in [0.15, 0.2) is 97.1 Å². The smallest absolute Gasteiger partial charge is 0.306 e. The molecule has 2 amide bonds. The van der Waals surface area contributed by atoms with Gasteiger partial charge in [-0.2, -0.15) is 0 Å². The maximum Gasteiger partial charge on any atom is 0.306 e. The van der Waals surface area contributed by atoms with E-state index in [-0.39, 0.29) is 11.4 Å². The SMILES string of the molecule is O=C1C=CC(=O)N1c1ccccc1OP(=O)(c1ccccc1)c1ccccc1. The molecule has 4 rings (SSSR count). The van der Waals surface area contributed by atoms with E-state index in [2.05, 4.69) is 0 Å². The molecule has 3 aromatic rings. The van der Waals surface area contributed by atoms with Gasteiger partial charge in [0.25, 0.3) is 11.8 Å². The van der Waals surface area contributed by atoms with Crippen LogP contribution in [0.25, 0.3) is 0 Å². The quantitative estimate of drug-likeness (QED) is 0.496. The number of amides is 2. The molecule has 0 spiro atoms. The minimum Gasteiger partial charge on any atom is -0.435 e. The molecule has 3 aromatic carbocycles. The van der Waals surface area contributed by atoms with Crippen LogP contribution in [0, 0.1) is 0 Å². The van der Waals surface area contributed by atoms with Gasteiger partial charge >= 0.3 is 7.37 Å². The standard InChI is InChI=1S/C22H16NO4P/c24-21-15-16-22(25)23(21)19-13-7-8-14-20(19)27-28(26,17-9-3-1-4-10-17)18-11-5-2-6-12-18/h1-16H. The predicted molar refractivity (Wildman–Crippen MR) is 108 cm³/mol. The Morgan fingerprint density at radius 1 is 0.643 bits per heavy atom. The van der Waals surface area contributed by atoms with Gasteiger partial charge in [-0.15, -0.1) is 0 Å². The number of hydrogen-bond donors (Lipinski definition) is 0. The maximum absolute atomic E-state index is 14.1. The van der Waals surface area contributed by atoms with Crippen molar-refractivity contribution < 1.29 is 18.7 Å². The molecule has 0 aromatic heterocycles. The third-order valence-corrected chi connectivity index (χ3v) is 6.74. The molecule has 0 fully saturated rings. The van der Waals surface area contributed by atoms with Gasteiger partial charge in [-0.25, -0.2) is 4.90 Å². The summed E-state index contributed by atoms with van der Waals surface area (Å²) in [5.74, 6) is -0.727. The molecular weight excluding hydrogens is 373 g/mol. The minimum absolute atomic E-state index is 0.198. The molecule has 0 N–H and O–H groups in total. The summed E-state index contributed by atoms with van der Waals surface area (Å²) >= 11 is 0. The lowest BCUT2D eigenvalue weighted by atomic mass is 10.2. The number of imide groups is 1. The van der Waals surface area contributed by atoms with Crippen LogP contribution < -0.4 is 20.0 Å². The van der Waals surface area contributed by atoms with Crippen LogP contribution in [0.5, 0.6) is 5.75 Å². The monoisotopic (exact) mass is 389 g/mol. The second-order valence-corrected chi connectivity index (χ2v) is 8.45. The molecule has 0 aliphatic carbocycles. The van der Waals surface area contributed by atoms with E-state index in [9.17, 15) is 14.2 Å². The van der Waals surface area contributed by atoms with Crippen LogP contribution in [-0.4, -0.2) is 11.8 Å². The van der Waals surface area contributed by atoms with Gasteiger partial charge in [0.15, 0.2) is 5.75 Å². The van der Waals surface area contributed by atoms with Gasteiger partial charge in [0, 0.05) is 12.2 Å². The van der Waals surface area contributed by atoms with Gasteiger partial charge in [-0.3, -0.25) is 14.2 Å². The zero-order chi connectivity index (χ0) is 19.6. The highest BCUT2D eigenvalue weighted by atomic mass is 31.2. The Morgan fingerprint density at radius 2 is 1.11 bits per heavy atom. The number of carbonyl (C=O) groups is 2. The second kappa shape index (κ2) is 7.29. The largest absolute Gasteiger partial charge is 0.435 e. The summed E-state index contributed by atoms with van der Waals surface area (Å²) in [5.41, 5.74) is 0.259. The zero-order valence-corrected chi connectivity index (χ0v) is 15.7. The number of nitrogens with zero attached hydrogens (tertiary/aromatic N) is 1. The molecule has 5 nitrogen and oxygen atoms in total. The van der Waals surface area contributed by atoms with E-state index in [0.717, 1.165) is 4.90 Å². The Bertz CT molecular complexity index is 1050. The van der Waals surface area contributed by atoms with Crippen molar-refractivity contribution in [2.45, 2.75) is 0 Å². The summed E-state index contributed by atoms with van der Waals surface area (Å²) in [6.45, 7) is 0. The highest BCUT2D eigenvalue weighted by Gasteiger charge is 2.33. The number of hydrogen-bond acceptors (Lipinski definition) is 4. The van der Waals surface area contributed by atoms with E-state index in [1.54, 1.807) is 72.8 Å². The first kappa shape index (κ1) is 18.0. The van der Waals surface area contributed by atoms with Crippen LogP contribution in [0.3, 0.4) is 0 Å². The third-order valence-electron chi connectivity index (χ3n) is 4.33. The fourth-order valence-electron chi connectivity index (χ4n) is 3.00. The first-order valence-electron chi connectivity index (χ1n) is 8.65. The number of benzene rings is 3. The average molecular weight is 389 g/mol. The Morgan fingerprint density at radius 3 is 1.64 bits per heavy atom. The lowest BCUT2D eigenvalue weighted by molar-refractivity contribution is -0.120. The van der Waals surface area contributed by atoms with E-state index < -0.39 is 19.2 Å². The van der Waals surface area contributed by atoms with Gasteiger partial charge in [0.1, 0.15) is 0 Å². The van der Waals surface area contributed by atoms with Crippen LogP contribution in [0.1, 0.15) is 0 Å². The molecule has 0 saturated heterocycles. The molecule has 138 valence electrons. The van der Waals surface area contributed by atoms with Gasteiger partial charge in [-0.05, 0) is 36.4 Å². The molecule has 1 aliphatic rings. The summed E-state index contributed by atoms with van der Waals surface area (Å²) in [5, 5.41) is 1.04. The van der Waals surface area contributed by atoms with Gasteiger partial charge in [-0.1, -0.05) is 48.5 Å². The fourth-order valence-corrected chi connectivity index (χ4v) is 5.07. The summed E-state index contributed by atoms with van der Waals surface area (Å²) in [6, 6.07) is 24.4. The topological polar surface area (TPSA) is 63.7 Å². The minimum atomic E-state index is -3.52. The van der Waals surface area contributed by atoms with Crippen LogP contribution in [0.2, 0.25) is 0 Å². The lowest BCUT2D eigenvalue weighted by Crippen LogP contribution is -2.30. The summed E-state index contributed by atoms with van der Waals surface area (Å²) < 4.78 is 20.2. The molecular formula is C22H16NO4P. The van der Waals surface area contributed by atoms with Crippen LogP contribution in [-0.2, 0) is 14.2 Å². The Hall–Kier alpha value is -3.43. The maximum atomic E-state index is 14.1. The third kappa shape index (κ3) is 3.17. The number of anilines is 1. The number of para-hydroxylation sites is 2. The molecule has 0 unspecified atom stereocenters.